The van der Waals surface area contributed by atoms with Crippen molar-refractivity contribution in [3.05, 3.63) is 63.9 Å². The van der Waals surface area contributed by atoms with Gasteiger partial charge in [-0.1, -0.05) is 40.2 Å². The molecule has 0 saturated carbocycles. The van der Waals surface area contributed by atoms with Crippen molar-refractivity contribution in [3.63, 3.8) is 0 Å². The number of nitrogens with two attached hydrogens (primary N) is 1. The largest absolute Gasteiger partial charge is 0.320 e. The minimum Gasteiger partial charge on any atom is -0.320 e. The van der Waals surface area contributed by atoms with Crippen molar-refractivity contribution in [2.75, 3.05) is 0 Å². The van der Waals surface area contributed by atoms with Gasteiger partial charge in [0.05, 0.1) is 11.2 Å². The topological polar surface area (TPSA) is 38.9 Å². The van der Waals surface area contributed by atoms with Crippen molar-refractivity contribution in [3.8, 4) is 0 Å². The number of pyridine rings is 1. The van der Waals surface area contributed by atoms with Gasteiger partial charge in [-0.15, -0.1) is 0 Å². The molecule has 1 aliphatic carbocycles. The highest BCUT2D eigenvalue weighted by Gasteiger charge is 2.36. The summed E-state index contributed by atoms with van der Waals surface area (Å²) >= 11 is 3.47. The first-order valence-electron chi connectivity index (χ1n) is 5.65. The molecule has 1 aromatic heterocycles. The molecule has 0 saturated heterocycles. The van der Waals surface area contributed by atoms with Crippen molar-refractivity contribution in [1.82, 2.24) is 4.98 Å². The van der Waals surface area contributed by atoms with Crippen LogP contribution in [0.5, 0.6) is 0 Å². The van der Waals surface area contributed by atoms with Crippen LogP contribution in [0.3, 0.4) is 0 Å². The summed E-state index contributed by atoms with van der Waals surface area (Å²) in [5, 5.41) is 0. The fourth-order valence-electron chi connectivity index (χ4n) is 2.50. The van der Waals surface area contributed by atoms with Gasteiger partial charge in [0, 0.05) is 10.7 Å². The van der Waals surface area contributed by atoms with Gasteiger partial charge in [0.2, 0.25) is 0 Å². The highest BCUT2D eigenvalue weighted by molar-refractivity contribution is 9.10. The van der Waals surface area contributed by atoms with Crippen LogP contribution in [0, 0.1) is 0 Å². The van der Waals surface area contributed by atoms with Gasteiger partial charge >= 0.3 is 0 Å². The van der Waals surface area contributed by atoms with E-state index in [0.717, 1.165) is 23.0 Å². The summed E-state index contributed by atoms with van der Waals surface area (Å²) < 4.78 is 1.03. The maximum Gasteiger partial charge on any atom is 0.0665 e. The second-order valence-corrected chi connectivity index (χ2v) is 5.55. The van der Waals surface area contributed by atoms with E-state index in [1.807, 2.05) is 12.1 Å². The van der Waals surface area contributed by atoms with Crippen LogP contribution in [0.2, 0.25) is 0 Å². The van der Waals surface area contributed by atoms with Crippen molar-refractivity contribution < 1.29 is 0 Å². The van der Waals surface area contributed by atoms with E-state index in [0.29, 0.717) is 0 Å². The number of nitrogens with zero attached hydrogens (tertiary/aromatic N) is 1. The molecular formula is C14H13BrN2. The van der Waals surface area contributed by atoms with Crippen LogP contribution in [-0.2, 0) is 18.4 Å². The fraction of sp³-hybridized carbons (Fsp3) is 0.214. The summed E-state index contributed by atoms with van der Waals surface area (Å²) in [6, 6.07) is 12.4. The second kappa shape index (κ2) is 3.93. The Morgan fingerprint density at radius 1 is 1.12 bits per heavy atom. The van der Waals surface area contributed by atoms with Gasteiger partial charge in [0.25, 0.3) is 0 Å². The number of halogens is 1. The van der Waals surface area contributed by atoms with E-state index in [1.54, 1.807) is 6.20 Å². The average Bonchev–Trinajstić information content (AvgIpc) is 2.66. The first-order chi connectivity index (χ1) is 8.17. The molecule has 0 fully saturated rings. The molecular weight excluding hydrogens is 276 g/mol. The van der Waals surface area contributed by atoms with Gasteiger partial charge < -0.3 is 5.73 Å². The molecule has 1 aromatic carbocycles. The lowest BCUT2D eigenvalue weighted by Gasteiger charge is -2.23. The highest BCUT2D eigenvalue weighted by Crippen LogP contribution is 2.35. The molecule has 2 aromatic rings. The lowest BCUT2D eigenvalue weighted by atomic mass is 9.92. The molecule has 0 unspecified atom stereocenters. The molecule has 86 valence electrons. The molecule has 0 aliphatic heterocycles. The van der Waals surface area contributed by atoms with E-state index in [-0.39, 0.29) is 5.54 Å². The smallest absolute Gasteiger partial charge is 0.0665 e. The monoisotopic (exact) mass is 288 g/mol. The van der Waals surface area contributed by atoms with E-state index in [4.69, 9.17) is 5.73 Å². The molecule has 2 nitrogen and oxygen atoms in total. The molecule has 3 heteroatoms. The molecule has 0 bridgehead atoms. The predicted octanol–water partition coefficient (Wildman–Crippen LogP) is 2.80. The van der Waals surface area contributed by atoms with E-state index in [2.05, 4.69) is 45.2 Å². The quantitative estimate of drug-likeness (QED) is 0.876. The number of aromatic nitrogens is 1. The number of hydrogen-bond donors (Lipinski definition) is 1. The van der Waals surface area contributed by atoms with Gasteiger partial charge in [-0.05, 0) is 36.1 Å². The highest BCUT2D eigenvalue weighted by atomic mass is 79.9. The first-order valence-corrected chi connectivity index (χ1v) is 6.44. The van der Waals surface area contributed by atoms with Crippen molar-refractivity contribution >= 4 is 15.9 Å². The van der Waals surface area contributed by atoms with Crippen LogP contribution in [0.1, 0.15) is 16.8 Å². The van der Waals surface area contributed by atoms with Crippen LogP contribution in [-0.4, -0.2) is 4.98 Å². The van der Waals surface area contributed by atoms with Gasteiger partial charge in [-0.3, -0.25) is 4.98 Å². The van der Waals surface area contributed by atoms with E-state index < -0.39 is 0 Å². The third kappa shape index (κ3) is 1.90. The Kier molecular flexibility index (Phi) is 2.53. The Balaban J connectivity index is 2.01. The zero-order chi connectivity index (χ0) is 11.9. The minimum absolute atomic E-state index is 0.354. The minimum atomic E-state index is -0.354. The van der Waals surface area contributed by atoms with Gasteiger partial charge in [-0.25, -0.2) is 0 Å². The van der Waals surface area contributed by atoms with Gasteiger partial charge in [0.1, 0.15) is 0 Å². The normalized spacial score (nSPS) is 16.8. The van der Waals surface area contributed by atoms with Crippen LogP contribution in [0.25, 0.3) is 0 Å². The van der Waals surface area contributed by atoms with Gasteiger partial charge in [0.15, 0.2) is 0 Å². The molecule has 3 rings (SSSR count). The number of benzene rings is 1. The Hall–Kier alpha value is -1.19. The standard InChI is InChI=1S/C14H13BrN2/c15-12-5-6-17-13(7-12)14(16)8-10-3-1-2-4-11(10)9-14/h1-7H,8-9,16H2. The zero-order valence-electron chi connectivity index (χ0n) is 9.36. The number of fused-ring (bicyclic) bond motifs is 1. The first kappa shape index (κ1) is 10.9. The lowest BCUT2D eigenvalue weighted by molar-refractivity contribution is 0.458. The summed E-state index contributed by atoms with van der Waals surface area (Å²) in [5.74, 6) is 0. The second-order valence-electron chi connectivity index (χ2n) is 4.64. The maximum atomic E-state index is 6.52. The number of rotatable bonds is 1. The molecule has 2 N–H and O–H groups in total. The zero-order valence-corrected chi connectivity index (χ0v) is 10.9. The Labute approximate surface area is 109 Å². The Bertz CT molecular complexity index is 541. The van der Waals surface area contributed by atoms with Crippen molar-refractivity contribution in [1.29, 1.82) is 0 Å². The van der Waals surface area contributed by atoms with E-state index >= 15 is 0 Å². The lowest BCUT2D eigenvalue weighted by Crippen LogP contribution is -2.38. The molecule has 1 aliphatic rings. The molecule has 0 atom stereocenters. The maximum absolute atomic E-state index is 6.52. The summed E-state index contributed by atoms with van der Waals surface area (Å²) in [6.45, 7) is 0. The Morgan fingerprint density at radius 2 is 1.76 bits per heavy atom. The third-order valence-corrected chi connectivity index (χ3v) is 3.86. The summed E-state index contributed by atoms with van der Waals surface area (Å²) in [6.07, 6.45) is 3.54. The van der Waals surface area contributed by atoms with Crippen LogP contribution in [0.15, 0.2) is 47.1 Å². The van der Waals surface area contributed by atoms with Crippen LogP contribution < -0.4 is 5.73 Å². The average molecular weight is 289 g/mol. The number of hydrogen-bond acceptors (Lipinski definition) is 2. The summed E-state index contributed by atoms with van der Waals surface area (Å²) in [7, 11) is 0. The summed E-state index contributed by atoms with van der Waals surface area (Å²) in [4.78, 5) is 4.42. The van der Waals surface area contributed by atoms with Crippen LogP contribution >= 0.6 is 15.9 Å². The molecule has 17 heavy (non-hydrogen) atoms. The SMILES string of the molecule is NC1(c2cc(Br)ccn2)Cc2ccccc2C1. The Morgan fingerprint density at radius 3 is 2.35 bits per heavy atom. The summed E-state index contributed by atoms with van der Waals surface area (Å²) in [5.41, 5.74) is 9.81. The van der Waals surface area contributed by atoms with Crippen molar-refractivity contribution in [2.24, 2.45) is 5.73 Å². The molecule has 1 heterocycles. The van der Waals surface area contributed by atoms with E-state index in [9.17, 15) is 0 Å². The predicted molar refractivity (Wildman–Crippen MR) is 71.7 cm³/mol. The van der Waals surface area contributed by atoms with Gasteiger partial charge in [-0.2, -0.15) is 0 Å². The molecule has 0 spiro atoms. The molecule has 0 amide bonds. The van der Waals surface area contributed by atoms with E-state index in [1.165, 1.54) is 11.1 Å². The van der Waals surface area contributed by atoms with Crippen molar-refractivity contribution in [2.45, 2.75) is 18.4 Å². The molecule has 0 radical (unpaired) electrons. The fourth-order valence-corrected chi connectivity index (χ4v) is 2.84. The van der Waals surface area contributed by atoms with Crippen LogP contribution in [0.4, 0.5) is 0 Å². The third-order valence-electron chi connectivity index (χ3n) is 3.36.